The van der Waals surface area contributed by atoms with Crippen LogP contribution in [0.15, 0.2) is 30.9 Å². The van der Waals surface area contributed by atoms with Gasteiger partial charge in [-0.1, -0.05) is 24.3 Å². The maximum absolute atomic E-state index is 11.0. The molecular weight excluding hydrogens is 223 g/mol. The van der Waals surface area contributed by atoms with Crippen LogP contribution in [0, 0.1) is 0 Å². The van der Waals surface area contributed by atoms with Crippen LogP contribution < -0.4 is 4.74 Å². The number of ether oxygens (including phenoxy) is 1. The van der Waals surface area contributed by atoms with Gasteiger partial charge in [0.15, 0.2) is 0 Å². The van der Waals surface area contributed by atoms with Gasteiger partial charge in [-0.25, -0.2) is 0 Å². The molecule has 1 rings (SSSR count). The van der Waals surface area contributed by atoms with Gasteiger partial charge in [-0.2, -0.15) is 0 Å². The van der Waals surface area contributed by atoms with Crippen molar-refractivity contribution in [2.75, 3.05) is 6.61 Å². The van der Waals surface area contributed by atoms with Gasteiger partial charge < -0.3 is 4.74 Å². The van der Waals surface area contributed by atoms with Gasteiger partial charge in [0.25, 0.3) is 5.24 Å². The summed E-state index contributed by atoms with van der Waals surface area (Å²) >= 11 is 11.1. The zero-order valence-corrected chi connectivity index (χ0v) is 8.81. The standard InChI is InChI=1S/C10H8Cl2O2/c1-2-5-14-9-4-3-7(11)6-8(9)10(12)13/h2-4,6H,1,5H2. The normalized spacial score (nSPS) is 9.57. The van der Waals surface area contributed by atoms with Gasteiger partial charge in [0.1, 0.15) is 12.4 Å². The Hall–Kier alpha value is -0.990. The lowest BCUT2D eigenvalue weighted by atomic mass is 10.2. The molecule has 0 heterocycles. The molecule has 0 atom stereocenters. The molecule has 0 aliphatic rings. The van der Waals surface area contributed by atoms with Crippen molar-refractivity contribution in [1.29, 1.82) is 0 Å². The lowest BCUT2D eigenvalue weighted by Crippen LogP contribution is -1.99. The van der Waals surface area contributed by atoms with Crippen molar-refractivity contribution >= 4 is 28.4 Å². The predicted molar refractivity (Wildman–Crippen MR) is 57.3 cm³/mol. The van der Waals surface area contributed by atoms with E-state index in [1.165, 1.54) is 6.07 Å². The average Bonchev–Trinajstić information content (AvgIpc) is 2.15. The van der Waals surface area contributed by atoms with E-state index in [2.05, 4.69) is 6.58 Å². The molecule has 0 spiro atoms. The highest BCUT2D eigenvalue weighted by Gasteiger charge is 2.10. The number of carbonyl (C=O) groups excluding carboxylic acids is 1. The van der Waals surface area contributed by atoms with Crippen LogP contribution in [0.1, 0.15) is 10.4 Å². The summed E-state index contributed by atoms with van der Waals surface area (Å²) in [7, 11) is 0. The summed E-state index contributed by atoms with van der Waals surface area (Å²) in [6.45, 7) is 3.82. The molecule has 0 amide bonds. The van der Waals surface area contributed by atoms with Crippen LogP contribution in [0.3, 0.4) is 0 Å². The van der Waals surface area contributed by atoms with Gasteiger partial charge in [-0.15, -0.1) is 0 Å². The number of hydrogen-bond donors (Lipinski definition) is 0. The fourth-order valence-electron chi connectivity index (χ4n) is 0.930. The molecule has 0 fully saturated rings. The Morgan fingerprint density at radius 1 is 1.57 bits per heavy atom. The highest BCUT2D eigenvalue weighted by Crippen LogP contribution is 2.24. The minimum absolute atomic E-state index is 0.265. The van der Waals surface area contributed by atoms with Crippen molar-refractivity contribution in [2.45, 2.75) is 0 Å². The van der Waals surface area contributed by atoms with E-state index in [0.29, 0.717) is 17.4 Å². The van der Waals surface area contributed by atoms with Crippen LogP contribution >= 0.6 is 23.2 Å². The van der Waals surface area contributed by atoms with Gasteiger partial charge >= 0.3 is 0 Å². The third kappa shape index (κ3) is 2.76. The molecule has 1 aromatic rings. The van der Waals surface area contributed by atoms with Crippen LogP contribution in [0.25, 0.3) is 0 Å². The van der Waals surface area contributed by atoms with Crippen molar-refractivity contribution < 1.29 is 9.53 Å². The van der Waals surface area contributed by atoms with Crippen molar-refractivity contribution in [3.05, 3.63) is 41.4 Å². The topological polar surface area (TPSA) is 26.3 Å². The first kappa shape index (κ1) is 11.1. The molecule has 2 nitrogen and oxygen atoms in total. The Morgan fingerprint density at radius 3 is 2.86 bits per heavy atom. The van der Waals surface area contributed by atoms with Gasteiger partial charge in [0.2, 0.25) is 0 Å². The Kier molecular flexibility index (Phi) is 3.98. The van der Waals surface area contributed by atoms with Crippen LogP contribution in [0.5, 0.6) is 5.75 Å². The van der Waals surface area contributed by atoms with E-state index < -0.39 is 5.24 Å². The highest BCUT2D eigenvalue weighted by molar-refractivity contribution is 6.68. The SMILES string of the molecule is C=CCOc1ccc(Cl)cc1C(=O)Cl. The third-order valence-corrected chi connectivity index (χ3v) is 1.95. The first-order valence-electron chi connectivity index (χ1n) is 3.88. The van der Waals surface area contributed by atoms with Gasteiger partial charge in [-0.05, 0) is 29.8 Å². The van der Waals surface area contributed by atoms with Crippen LogP contribution in [-0.2, 0) is 0 Å². The second-order valence-corrected chi connectivity index (χ2v) is 3.29. The zero-order valence-electron chi connectivity index (χ0n) is 7.30. The first-order valence-corrected chi connectivity index (χ1v) is 4.64. The summed E-state index contributed by atoms with van der Waals surface area (Å²) in [5, 5.41) is -0.147. The highest BCUT2D eigenvalue weighted by atomic mass is 35.5. The van der Waals surface area contributed by atoms with Crippen LogP contribution in [0.2, 0.25) is 5.02 Å². The van der Waals surface area contributed by atoms with E-state index in [0.717, 1.165) is 0 Å². The summed E-state index contributed by atoms with van der Waals surface area (Å²) < 4.78 is 5.22. The molecule has 14 heavy (non-hydrogen) atoms. The summed E-state index contributed by atoms with van der Waals surface area (Å²) in [4.78, 5) is 11.0. The Labute approximate surface area is 92.1 Å². The number of carbonyl (C=O) groups is 1. The van der Waals surface area contributed by atoms with E-state index in [4.69, 9.17) is 27.9 Å². The van der Waals surface area contributed by atoms with Crippen molar-refractivity contribution in [2.24, 2.45) is 0 Å². The average molecular weight is 231 g/mol. The largest absolute Gasteiger partial charge is 0.489 e. The van der Waals surface area contributed by atoms with E-state index in [1.807, 2.05) is 0 Å². The molecule has 0 N–H and O–H groups in total. The lowest BCUT2D eigenvalue weighted by molar-refractivity contribution is 0.107. The maximum Gasteiger partial charge on any atom is 0.256 e. The molecular formula is C10H8Cl2O2. The van der Waals surface area contributed by atoms with Crippen LogP contribution in [-0.4, -0.2) is 11.8 Å². The minimum atomic E-state index is -0.591. The molecule has 0 aliphatic heterocycles. The Bertz CT molecular complexity index is 361. The van der Waals surface area contributed by atoms with E-state index in [-0.39, 0.29) is 5.56 Å². The quantitative estimate of drug-likeness (QED) is 0.587. The van der Waals surface area contributed by atoms with Crippen molar-refractivity contribution in [1.82, 2.24) is 0 Å². The maximum atomic E-state index is 11.0. The van der Waals surface area contributed by atoms with Crippen molar-refractivity contribution in [3.8, 4) is 5.75 Å². The molecule has 0 radical (unpaired) electrons. The lowest BCUT2D eigenvalue weighted by Gasteiger charge is -2.06. The molecule has 0 saturated carbocycles. The fourth-order valence-corrected chi connectivity index (χ4v) is 1.25. The molecule has 0 saturated heterocycles. The van der Waals surface area contributed by atoms with Crippen LogP contribution in [0.4, 0.5) is 0 Å². The second-order valence-electron chi connectivity index (χ2n) is 2.51. The van der Waals surface area contributed by atoms with E-state index in [9.17, 15) is 4.79 Å². The number of rotatable bonds is 4. The summed E-state index contributed by atoms with van der Waals surface area (Å²) in [6, 6.07) is 4.69. The second kappa shape index (κ2) is 5.03. The molecule has 0 aromatic heterocycles. The van der Waals surface area contributed by atoms with E-state index in [1.54, 1.807) is 18.2 Å². The molecule has 1 aromatic carbocycles. The predicted octanol–water partition coefficient (Wildman–Crippen LogP) is 3.28. The summed E-state index contributed by atoms with van der Waals surface area (Å²) in [6.07, 6.45) is 1.58. The molecule has 0 unspecified atom stereocenters. The Morgan fingerprint density at radius 2 is 2.29 bits per heavy atom. The number of hydrogen-bond acceptors (Lipinski definition) is 2. The number of halogens is 2. The smallest absolute Gasteiger partial charge is 0.256 e. The number of benzene rings is 1. The zero-order chi connectivity index (χ0) is 10.6. The Balaban J connectivity index is 3.01. The third-order valence-electron chi connectivity index (χ3n) is 1.51. The molecule has 0 bridgehead atoms. The van der Waals surface area contributed by atoms with E-state index >= 15 is 0 Å². The van der Waals surface area contributed by atoms with Crippen molar-refractivity contribution in [3.63, 3.8) is 0 Å². The summed E-state index contributed by atoms with van der Waals surface area (Å²) in [5.74, 6) is 0.411. The fraction of sp³-hybridized carbons (Fsp3) is 0.100. The van der Waals surface area contributed by atoms with Gasteiger partial charge in [0.05, 0.1) is 5.56 Å². The molecule has 4 heteroatoms. The molecule has 74 valence electrons. The molecule has 0 aliphatic carbocycles. The monoisotopic (exact) mass is 230 g/mol. The van der Waals surface area contributed by atoms with Gasteiger partial charge in [-0.3, -0.25) is 4.79 Å². The minimum Gasteiger partial charge on any atom is -0.489 e. The first-order chi connectivity index (χ1) is 6.65. The summed E-state index contributed by atoms with van der Waals surface area (Å²) in [5.41, 5.74) is 0.265. The van der Waals surface area contributed by atoms with Gasteiger partial charge in [0, 0.05) is 5.02 Å².